The second-order valence-corrected chi connectivity index (χ2v) is 6.64. The largest absolute Gasteiger partial charge is 0.493 e. The fraction of sp³-hybridized carbons (Fsp3) is 0.625. The van der Waals surface area contributed by atoms with Crippen molar-refractivity contribution in [3.05, 3.63) is 29.6 Å². The highest BCUT2D eigenvalue weighted by Crippen LogP contribution is 2.32. The summed E-state index contributed by atoms with van der Waals surface area (Å²) >= 11 is 3.43. The van der Waals surface area contributed by atoms with E-state index in [0.29, 0.717) is 6.61 Å². The SMILES string of the molecule is CC(C)(C)c1cc(F)ccc1OCCCCCCBr. The summed E-state index contributed by atoms with van der Waals surface area (Å²) in [6, 6.07) is 4.80. The molecule has 0 aliphatic rings. The van der Waals surface area contributed by atoms with Gasteiger partial charge in [-0.15, -0.1) is 0 Å². The van der Waals surface area contributed by atoms with Crippen LogP contribution in [0.15, 0.2) is 18.2 Å². The number of rotatable bonds is 7. The number of benzene rings is 1. The summed E-state index contributed by atoms with van der Waals surface area (Å²) in [6.45, 7) is 6.93. The highest BCUT2D eigenvalue weighted by atomic mass is 79.9. The molecule has 0 atom stereocenters. The van der Waals surface area contributed by atoms with Gasteiger partial charge in [0, 0.05) is 10.9 Å². The molecule has 108 valence electrons. The minimum atomic E-state index is -0.199. The summed E-state index contributed by atoms with van der Waals surface area (Å²) in [5.74, 6) is 0.615. The van der Waals surface area contributed by atoms with Crippen molar-refractivity contribution < 1.29 is 9.13 Å². The van der Waals surface area contributed by atoms with Crippen molar-refractivity contribution in [1.29, 1.82) is 0 Å². The van der Waals surface area contributed by atoms with Gasteiger partial charge in [0.1, 0.15) is 11.6 Å². The van der Waals surface area contributed by atoms with E-state index in [-0.39, 0.29) is 11.2 Å². The van der Waals surface area contributed by atoms with E-state index in [1.807, 2.05) is 0 Å². The Balaban J connectivity index is 2.54. The lowest BCUT2D eigenvalue weighted by atomic mass is 9.86. The zero-order valence-electron chi connectivity index (χ0n) is 12.1. The summed E-state index contributed by atoms with van der Waals surface area (Å²) < 4.78 is 19.2. The molecule has 3 heteroatoms. The average Bonchev–Trinajstić information content (AvgIpc) is 2.34. The van der Waals surface area contributed by atoms with Crippen LogP contribution in [0.5, 0.6) is 5.75 Å². The van der Waals surface area contributed by atoms with Crippen LogP contribution in [0.4, 0.5) is 4.39 Å². The Morgan fingerprint density at radius 2 is 1.79 bits per heavy atom. The molecule has 1 rings (SSSR count). The molecule has 0 unspecified atom stereocenters. The lowest BCUT2D eigenvalue weighted by Gasteiger charge is -2.22. The van der Waals surface area contributed by atoms with Gasteiger partial charge in [-0.3, -0.25) is 0 Å². The van der Waals surface area contributed by atoms with Gasteiger partial charge in [0.15, 0.2) is 0 Å². The van der Waals surface area contributed by atoms with Crippen LogP contribution in [0.2, 0.25) is 0 Å². The minimum Gasteiger partial charge on any atom is -0.493 e. The maximum absolute atomic E-state index is 13.3. The quantitative estimate of drug-likeness (QED) is 0.476. The number of alkyl halides is 1. The Kier molecular flexibility index (Phi) is 6.84. The minimum absolute atomic E-state index is 0.104. The number of unbranched alkanes of at least 4 members (excludes halogenated alkanes) is 3. The van der Waals surface area contributed by atoms with Crippen molar-refractivity contribution in [1.82, 2.24) is 0 Å². The van der Waals surface area contributed by atoms with Gasteiger partial charge >= 0.3 is 0 Å². The van der Waals surface area contributed by atoms with E-state index in [1.54, 1.807) is 12.1 Å². The van der Waals surface area contributed by atoms with Crippen LogP contribution < -0.4 is 4.74 Å². The van der Waals surface area contributed by atoms with Crippen molar-refractivity contribution in [2.75, 3.05) is 11.9 Å². The van der Waals surface area contributed by atoms with Crippen molar-refractivity contribution in [2.24, 2.45) is 0 Å². The van der Waals surface area contributed by atoms with Gasteiger partial charge in [0.05, 0.1) is 6.61 Å². The molecule has 0 fully saturated rings. The molecule has 1 aromatic carbocycles. The molecule has 0 amide bonds. The highest BCUT2D eigenvalue weighted by molar-refractivity contribution is 9.09. The normalized spacial score (nSPS) is 11.6. The van der Waals surface area contributed by atoms with E-state index in [1.165, 1.54) is 25.3 Å². The Bertz CT molecular complexity index is 385. The van der Waals surface area contributed by atoms with E-state index in [9.17, 15) is 4.39 Å². The predicted molar refractivity (Wildman–Crippen MR) is 82.9 cm³/mol. The number of ether oxygens (including phenoxy) is 1. The molecule has 0 saturated carbocycles. The topological polar surface area (TPSA) is 9.23 Å². The van der Waals surface area contributed by atoms with Crippen molar-refractivity contribution in [3.63, 3.8) is 0 Å². The standard InChI is InChI=1S/C16H24BrFO/c1-16(2,3)14-12-13(18)8-9-15(14)19-11-7-5-4-6-10-17/h8-9,12H,4-7,10-11H2,1-3H3. The summed E-state index contributed by atoms with van der Waals surface area (Å²) in [7, 11) is 0. The van der Waals surface area contributed by atoms with Crippen LogP contribution >= 0.6 is 15.9 Å². The predicted octanol–water partition coefficient (Wildman–Crippen LogP) is 5.46. The van der Waals surface area contributed by atoms with Crippen molar-refractivity contribution in [3.8, 4) is 5.75 Å². The fourth-order valence-electron chi connectivity index (χ4n) is 1.95. The molecule has 0 aliphatic heterocycles. The molecule has 0 spiro atoms. The average molecular weight is 331 g/mol. The van der Waals surface area contributed by atoms with Crippen LogP contribution in [-0.2, 0) is 5.41 Å². The molecule has 0 N–H and O–H groups in total. The van der Waals surface area contributed by atoms with Crippen molar-refractivity contribution in [2.45, 2.75) is 51.9 Å². The van der Waals surface area contributed by atoms with Crippen LogP contribution in [-0.4, -0.2) is 11.9 Å². The first-order valence-electron chi connectivity index (χ1n) is 6.94. The first-order valence-corrected chi connectivity index (χ1v) is 8.06. The van der Waals surface area contributed by atoms with Crippen LogP contribution in [0.25, 0.3) is 0 Å². The monoisotopic (exact) mass is 330 g/mol. The number of hydrogen-bond acceptors (Lipinski definition) is 1. The smallest absolute Gasteiger partial charge is 0.123 e. The molecule has 19 heavy (non-hydrogen) atoms. The van der Waals surface area contributed by atoms with Gasteiger partial charge in [-0.1, -0.05) is 49.5 Å². The van der Waals surface area contributed by atoms with E-state index in [2.05, 4.69) is 36.7 Å². The van der Waals surface area contributed by atoms with Gasteiger partial charge in [0.25, 0.3) is 0 Å². The zero-order chi connectivity index (χ0) is 14.3. The summed E-state index contributed by atoms with van der Waals surface area (Å²) in [4.78, 5) is 0. The van der Waals surface area contributed by atoms with Crippen LogP contribution in [0.3, 0.4) is 0 Å². The third kappa shape index (κ3) is 5.94. The van der Waals surface area contributed by atoms with E-state index in [0.717, 1.165) is 23.1 Å². The Morgan fingerprint density at radius 1 is 1.11 bits per heavy atom. The lowest BCUT2D eigenvalue weighted by Crippen LogP contribution is -2.14. The van der Waals surface area contributed by atoms with Gasteiger partial charge < -0.3 is 4.74 Å². The van der Waals surface area contributed by atoms with E-state index in [4.69, 9.17) is 4.74 Å². The second-order valence-electron chi connectivity index (χ2n) is 5.84. The van der Waals surface area contributed by atoms with Crippen LogP contribution in [0, 0.1) is 5.82 Å². The molecule has 0 aliphatic carbocycles. The third-order valence-corrected chi connectivity index (χ3v) is 3.60. The van der Waals surface area contributed by atoms with Crippen molar-refractivity contribution >= 4 is 15.9 Å². The van der Waals surface area contributed by atoms with E-state index < -0.39 is 0 Å². The molecule has 0 heterocycles. The van der Waals surface area contributed by atoms with Gasteiger partial charge in [0.2, 0.25) is 0 Å². The first kappa shape index (κ1) is 16.5. The molecular weight excluding hydrogens is 307 g/mol. The molecule has 0 aromatic heterocycles. The molecule has 1 nitrogen and oxygen atoms in total. The maximum atomic E-state index is 13.3. The summed E-state index contributed by atoms with van der Waals surface area (Å²) in [6.07, 6.45) is 4.67. The molecule has 1 aromatic rings. The molecular formula is C16H24BrFO. The second kappa shape index (κ2) is 7.88. The summed E-state index contributed by atoms with van der Waals surface area (Å²) in [5, 5.41) is 1.07. The molecule has 0 radical (unpaired) electrons. The number of halogens is 2. The van der Waals surface area contributed by atoms with E-state index >= 15 is 0 Å². The third-order valence-electron chi connectivity index (χ3n) is 3.04. The maximum Gasteiger partial charge on any atom is 0.123 e. The zero-order valence-corrected chi connectivity index (χ0v) is 13.7. The fourth-order valence-corrected chi connectivity index (χ4v) is 2.34. The van der Waals surface area contributed by atoms with Gasteiger partial charge in [-0.05, 0) is 36.5 Å². The number of hydrogen-bond donors (Lipinski definition) is 0. The Hall–Kier alpha value is -0.570. The van der Waals surface area contributed by atoms with Gasteiger partial charge in [-0.25, -0.2) is 4.39 Å². The molecule has 0 bridgehead atoms. The lowest BCUT2D eigenvalue weighted by molar-refractivity contribution is 0.296. The highest BCUT2D eigenvalue weighted by Gasteiger charge is 2.19. The van der Waals surface area contributed by atoms with Crippen LogP contribution in [0.1, 0.15) is 52.0 Å². The Morgan fingerprint density at radius 3 is 2.42 bits per heavy atom. The van der Waals surface area contributed by atoms with Gasteiger partial charge in [-0.2, -0.15) is 0 Å². The summed E-state index contributed by atoms with van der Waals surface area (Å²) in [5.41, 5.74) is 0.834. The first-order chi connectivity index (χ1) is 8.95. The molecule has 0 saturated heterocycles. The Labute approximate surface area is 124 Å².